The summed E-state index contributed by atoms with van der Waals surface area (Å²) in [6.07, 6.45) is 18.8. The first kappa shape index (κ1) is 37.2. The molecule has 0 aromatic heterocycles. The molecule has 0 radical (unpaired) electrons. The molecular weight excluding hydrogens is 524 g/mol. The van der Waals surface area contributed by atoms with Crippen LogP contribution in [0, 0.1) is 5.92 Å². The van der Waals surface area contributed by atoms with E-state index in [1.807, 2.05) is 61.5 Å². The van der Waals surface area contributed by atoms with Crippen molar-refractivity contribution in [2.45, 2.75) is 137 Å². The molecule has 0 saturated heterocycles. The lowest BCUT2D eigenvalue weighted by Gasteiger charge is -2.13. The van der Waals surface area contributed by atoms with Crippen molar-refractivity contribution in [2.75, 3.05) is 6.61 Å². The van der Waals surface area contributed by atoms with Gasteiger partial charge in [0.05, 0.1) is 12.5 Å². The van der Waals surface area contributed by atoms with Crippen molar-refractivity contribution in [3.8, 4) is 5.75 Å². The zero-order valence-electron chi connectivity index (χ0n) is 26.8. The highest BCUT2D eigenvalue weighted by Crippen LogP contribution is 2.20. The Hall–Kier alpha value is -2.82. The molecule has 0 bridgehead atoms. The first-order valence-corrected chi connectivity index (χ1v) is 16.6. The first-order valence-electron chi connectivity index (χ1n) is 16.6. The average Bonchev–Trinajstić information content (AvgIpc) is 3.00. The van der Waals surface area contributed by atoms with Crippen LogP contribution in [0.15, 0.2) is 54.6 Å². The van der Waals surface area contributed by atoms with Crippen molar-refractivity contribution < 1.29 is 24.2 Å². The molecule has 0 heterocycles. The van der Waals surface area contributed by atoms with Gasteiger partial charge in [0.15, 0.2) is 0 Å². The third-order valence-corrected chi connectivity index (χ3v) is 7.50. The molecular formula is C37H58O5. The fourth-order valence-corrected chi connectivity index (χ4v) is 4.86. The lowest BCUT2D eigenvalue weighted by Crippen LogP contribution is -2.14. The van der Waals surface area contributed by atoms with Gasteiger partial charge in [-0.05, 0) is 55.9 Å². The van der Waals surface area contributed by atoms with Crippen molar-refractivity contribution in [3.05, 3.63) is 65.7 Å². The standard InChI is InChI=1S/C25H34O3.C12H24O2/c1-2-3-4-5-6-10-13-23(25(26)27)17-14-21-15-18-24(19-16-21)28-20-22-11-8-7-9-12-22;1-3-5-6-7-8-9-10-11-12(13)14-4-2/h7-9,11-12,15-16,18-19,23H,2-6,10,13-14,17,20H2,1H3,(H,26,27);3-11H2,1-2H3. The van der Waals surface area contributed by atoms with Gasteiger partial charge in [-0.15, -0.1) is 0 Å². The van der Waals surface area contributed by atoms with Crippen LogP contribution in [0.2, 0.25) is 0 Å². The number of hydrogen-bond acceptors (Lipinski definition) is 4. The highest BCUT2D eigenvalue weighted by Gasteiger charge is 2.16. The molecule has 2 rings (SSSR count). The summed E-state index contributed by atoms with van der Waals surface area (Å²) in [6, 6.07) is 18.1. The lowest BCUT2D eigenvalue weighted by atomic mass is 9.94. The maximum absolute atomic E-state index is 11.5. The van der Waals surface area contributed by atoms with Crippen LogP contribution >= 0.6 is 0 Å². The predicted molar refractivity (Wildman–Crippen MR) is 174 cm³/mol. The maximum Gasteiger partial charge on any atom is 0.306 e. The van der Waals surface area contributed by atoms with Crippen molar-refractivity contribution in [2.24, 2.45) is 5.92 Å². The van der Waals surface area contributed by atoms with Crippen LogP contribution in [-0.4, -0.2) is 23.7 Å². The third-order valence-electron chi connectivity index (χ3n) is 7.50. The van der Waals surface area contributed by atoms with Gasteiger partial charge < -0.3 is 14.6 Å². The van der Waals surface area contributed by atoms with Gasteiger partial charge in [0.1, 0.15) is 12.4 Å². The Morgan fingerprint density at radius 3 is 1.81 bits per heavy atom. The number of hydrogen-bond donors (Lipinski definition) is 1. The van der Waals surface area contributed by atoms with Crippen LogP contribution in [0.5, 0.6) is 5.75 Å². The molecule has 0 aliphatic rings. The monoisotopic (exact) mass is 582 g/mol. The molecule has 0 amide bonds. The molecule has 1 N–H and O–H groups in total. The Balaban J connectivity index is 0.000000532. The van der Waals surface area contributed by atoms with E-state index >= 15 is 0 Å². The van der Waals surface area contributed by atoms with E-state index in [0.29, 0.717) is 26.1 Å². The van der Waals surface area contributed by atoms with E-state index in [1.54, 1.807) is 0 Å². The second kappa shape index (κ2) is 25.9. The fourth-order valence-electron chi connectivity index (χ4n) is 4.86. The third kappa shape index (κ3) is 20.1. The quantitative estimate of drug-likeness (QED) is 0.104. The molecule has 2 aromatic carbocycles. The van der Waals surface area contributed by atoms with E-state index in [2.05, 4.69) is 13.8 Å². The zero-order chi connectivity index (χ0) is 30.7. The summed E-state index contributed by atoms with van der Waals surface area (Å²) in [7, 11) is 0. The van der Waals surface area contributed by atoms with Gasteiger partial charge in [0.2, 0.25) is 0 Å². The number of carboxylic acid groups (broad SMARTS) is 1. The number of esters is 1. The summed E-state index contributed by atoms with van der Waals surface area (Å²) in [5.74, 6) is -0.0907. The molecule has 236 valence electrons. The minimum atomic E-state index is -0.656. The maximum atomic E-state index is 11.5. The predicted octanol–water partition coefficient (Wildman–Crippen LogP) is 10.3. The van der Waals surface area contributed by atoms with Crippen molar-refractivity contribution >= 4 is 11.9 Å². The number of carboxylic acids is 1. The van der Waals surface area contributed by atoms with E-state index in [-0.39, 0.29) is 11.9 Å². The van der Waals surface area contributed by atoms with Crippen LogP contribution in [0.1, 0.15) is 135 Å². The highest BCUT2D eigenvalue weighted by atomic mass is 16.5. The van der Waals surface area contributed by atoms with Gasteiger partial charge >= 0.3 is 11.9 Å². The molecule has 1 atom stereocenters. The highest BCUT2D eigenvalue weighted by molar-refractivity contribution is 5.70. The largest absolute Gasteiger partial charge is 0.489 e. The molecule has 2 aromatic rings. The molecule has 5 heteroatoms. The smallest absolute Gasteiger partial charge is 0.306 e. The van der Waals surface area contributed by atoms with Gasteiger partial charge in [-0.1, -0.05) is 133 Å². The summed E-state index contributed by atoms with van der Waals surface area (Å²) in [6.45, 7) is 7.35. The Bertz CT molecular complexity index is 910. The van der Waals surface area contributed by atoms with Gasteiger partial charge in [0, 0.05) is 6.42 Å². The summed E-state index contributed by atoms with van der Waals surface area (Å²) >= 11 is 0. The van der Waals surface area contributed by atoms with Gasteiger partial charge in [0.25, 0.3) is 0 Å². The Labute approximate surface area is 256 Å². The summed E-state index contributed by atoms with van der Waals surface area (Å²) in [5.41, 5.74) is 2.31. The topological polar surface area (TPSA) is 72.8 Å². The van der Waals surface area contributed by atoms with E-state index in [9.17, 15) is 14.7 Å². The number of rotatable bonds is 23. The molecule has 0 saturated carbocycles. The second-order valence-corrected chi connectivity index (χ2v) is 11.2. The van der Waals surface area contributed by atoms with Crippen molar-refractivity contribution in [1.82, 2.24) is 0 Å². The second-order valence-electron chi connectivity index (χ2n) is 11.2. The minimum Gasteiger partial charge on any atom is -0.489 e. The van der Waals surface area contributed by atoms with Crippen LogP contribution in [0.4, 0.5) is 0 Å². The van der Waals surface area contributed by atoms with E-state index in [1.165, 1.54) is 69.8 Å². The number of carbonyl (C=O) groups is 2. The van der Waals surface area contributed by atoms with E-state index < -0.39 is 5.97 Å². The number of carbonyl (C=O) groups excluding carboxylic acids is 1. The van der Waals surface area contributed by atoms with Gasteiger partial charge in [-0.2, -0.15) is 0 Å². The summed E-state index contributed by atoms with van der Waals surface area (Å²) in [4.78, 5) is 22.5. The van der Waals surface area contributed by atoms with Crippen LogP contribution in [0.25, 0.3) is 0 Å². The number of aryl methyl sites for hydroxylation is 1. The molecule has 42 heavy (non-hydrogen) atoms. The number of ether oxygens (including phenoxy) is 2. The van der Waals surface area contributed by atoms with Crippen molar-refractivity contribution in [1.29, 1.82) is 0 Å². The van der Waals surface area contributed by atoms with Crippen LogP contribution in [0.3, 0.4) is 0 Å². The van der Waals surface area contributed by atoms with E-state index in [4.69, 9.17) is 9.47 Å². The summed E-state index contributed by atoms with van der Waals surface area (Å²) < 4.78 is 10.7. The Morgan fingerprint density at radius 1 is 0.667 bits per heavy atom. The lowest BCUT2D eigenvalue weighted by molar-refractivity contribution is -0.143. The van der Waals surface area contributed by atoms with Crippen LogP contribution in [-0.2, 0) is 27.4 Å². The first-order chi connectivity index (χ1) is 20.5. The van der Waals surface area contributed by atoms with Gasteiger partial charge in [-0.25, -0.2) is 0 Å². The molecule has 1 unspecified atom stereocenters. The minimum absolute atomic E-state index is 0.0407. The average molecular weight is 583 g/mol. The zero-order valence-corrected chi connectivity index (χ0v) is 26.8. The van der Waals surface area contributed by atoms with Crippen molar-refractivity contribution in [3.63, 3.8) is 0 Å². The molecule has 0 aliphatic carbocycles. The fraction of sp³-hybridized carbons (Fsp3) is 0.622. The van der Waals surface area contributed by atoms with Gasteiger partial charge in [-0.3, -0.25) is 9.59 Å². The van der Waals surface area contributed by atoms with E-state index in [0.717, 1.165) is 43.4 Å². The molecule has 0 aliphatic heterocycles. The normalized spacial score (nSPS) is 11.3. The Kier molecular flexibility index (Phi) is 22.9. The number of aliphatic carboxylic acids is 1. The molecule has 5 nitrogen and oxygen atoms in total. The number of benzene rings is 2. The number of unbranched alkanes of at least 4 members (excludes halogenated alkanes) is 11. The molecule has 0 fully saturated rings. The Morgan fingerprint density at radius 2 is 1.24 bits per heavy atom. The molecule has 0 spiro atoms. The SMILES string of the molecule is CCCCCCCCC(CCc1ccc(OCc2ccccc2)cc1)C(=O)O.CCCCCCCCCC(=O)OCC. The van der Waals surface area contributed by atoms with Crippen LogP contribution < -0.4 is 4.74 Å². The summed E-state index contributed by atoms with van der Waals surface area (Å²) in [5, 5.41) is 9.49.